The Morgan fingerprint density at radius 1 is 1.16 bits per heavy atom. The average molecular weight is 455 g/mol. The molecule has 1 amide bonds. The van der Waals surface area contributed by atoms with Gasteiger partial charge in [-0.25, -0.2) is 8.42 Å². The molecule has 31 heavy (non-hydrogen) atoms. The van der Waals surface area contributed by atoms with E-state index in [0.29, 0.717) is 11.3 Å². The Morgan fingerprint density at radius 2 is 1.87 bits per heavy atom. The number of hydrogen-bond donors (Lipinski definition) is 0. The number of hydrogen-bond acceptors (Lipinski definition) is 5. The van der Waals surface area contributed by atoms with Crippen LogP contribution in [0.25, 0.3) is 0 Å². The molecule has 1 atom stereocenters. The van der Waals surface area contributed by atoms with Crippen LogP contribution in [-0.4, -0.2) is 54.5 Å². The van der Waals surface area contributed by atoms with Gasteiger partial charge in [-0.3, -0.25) is 9.78 Å². The number of carbonyl (C=O) groups excluding carboxylic acids is 1. The largest absolute Gasteiger partial charge is 0.573 e. The highest BCUT2D eigenvalue weighted by atomic mass is 32.2. The summed E-state index contributed by atoms with van der Waals surface area (Å²) in [6.07, 6.45) is -3.28. The van der Waals surface area contributed by atoms with Gasteiger partial charge >= 0.3 is 6.36 Å². The lowest BCUT2D eigenvalue weighted by atomic mass is 9.90. The Labute approximate surface area is 177 Å². The maximum atomic E-state index is 13.3. The van der Waals surface area contributed by atoms with Gasteiger partial charge in [0, 0.05) is 25.8 Å². The zero-order valence-corrected chi connectivity index (χ0v) is 17.8. The second-order valence-corrected chi connectivity index (χ2v) is 9.77. The van der Waals surface area contributed by atoms with E-state index in [2.05, 4.69) is 9.72 Å². The van der Waals surface area contributed by atoms with E-state index in [-0.39, 0.29) is 36.0 Å². The molecule has 0 bridgehead atoms. The van der Waals surface area contributed by atoms with Crippen molar-refractivity contribution in [2.75, 3.05) is 19.6 Å². The zero-order valence-electron chi connectivity index (χ0n) is 17.0. The molecule has 1 unspecified atom stereocenters. The number of benzene rings is 1. The molecule has 0 radical (unpaired) electrons. The quantitative estimate of drug-likeness (QED) is 0.711. The van der Waals surface area contributed by atoms with Gasteiger partial charge < -0.3 is 9.64 Å². The van der Waals surface area contributed by atoms with E-state index >= 15 is 0 Å². The van der Waals surface area contributed by atoms with Crippen LogP contribution < -0.4 is 4.74 Å². The molecule has 3 heterocycles. The molecule has 0 saturated carbocycles. The van der Waals surface area contributed by atoms with Crippen molar-refractivity contribution in [1.82, 2.24) is 14.2 Å². The number of ether oxygens (including phenoxy) is 1. The van der Waals surface area contributed by atoms with Crippen LogP contribution in [0.5, 0.6) is 5.75 Å². The van der Waals surface area contributed by atoms with Crippen molar-refractivity contribution in [3.05, 3.63) is 52.8 Å². The van der Waals surface area contributed by atoms with Crippen LogP contribution in [0.15, 0.2) is 35.4 Å². The molecular formula is C20H20F3N3O4S. The van der Waals surface area contributed by atoms with E-state index < -0.39 is 27.7 Å². The predicted octanol–water partition coefficient (Wildman–Crippen LogP) is 2.97. The number of fused-ring (bicyclic) bond motifs is 3. The average Bonchev–Trinajstić information content (AvgIpc) is 2.88. The first-order chi connectivity index (χ1) is 14.3. The van der Waals surface area contributed by atoms with Crippen LogP contribution in [0.3, 0.4) is 0 Å². The van der Waals surface area contributed by atoms with Crippen LogP contribution in [0.1, 0.15) is 34.1 Å². The fourth-order valence-electron chi connectivity index (χ4n) is 4.40. The molecule has 7 nitrogen and oxygen atoms in total. The number of sulfonamides is 1. The molecule has 0 spiro atoms. The maximum Gasteiger partial charge on any atom is 0.573 e. The Kier molecular flexibility index (Phi) is 4.82. The van der Waals surface area contributed by atoms with Gasteiger partial charge in [0.2, 0.25) is 10.0 Å². The SMILES string of the molecule is Cc1cc(OC(F)(F)F)ccc1S(=O)(=O)N1CCN2C(=O)c3c(ccnc3C)C2(C)C1. The van der Waals surface area contributed by atoms with Gasteiger partial charge in [-0.1, -0.05) is 0 Å². The summed E-state index contributed by atoms with van der Waals surface area (Å²) in [4.78, 5) is 18.6. The van der Waals surface area contributed by atoms with Crippen LogP contribution in [0, 0.1) is 13.8 Å². The van der Waals surface area contributed by atoms with E-state index in [0.717, 1.165) is 23.8 Å². The highest BCUT2D eigenvalue weighted by Gasteiger charge is 2.52. The molecule has 2 aliphatic rings. The smallest absolute Gasteiger partial charge is 0.406 e. The van der Waals surface area contributed by atoms with Crippen molar-refractivity contribution < 1.29 is 31.1 Å². The first kappa shape index (κ1) is 21.6. The first-order valence-electron chi connectivity index (χ1n) is 9.49. The van der Waals surface area contributed by atoms with Gasteiger partial charge in [-0.05, 0) is 56.2 Å². The topological polar surface area (TPSA) is 79.8 Å². The Hall–Kier alpha value is -2.66. The third-order valence-corrected chi connectivity index (χ3v) is 7.84. The van der Waals surface area contributed by atoms with Gasteiger partial charge in [0.15, 0.2) is 0 Å². The van der Waals surface area contributed by atoms with Crippen molar-refractivity contribution in [1.29, 1.82) is 0 Å². The summed E-state index contributed by atoms with van der Waals surface area (Å²) in [5.41, 5.74) is 1.07. The monoisotopic (exact) mass is 455 g/mol. The zero-order chi connectivity index (χ0) is 22.8. The number of aryl methyl sites for hydroxylation is 2. The lowest BCUT2D eigenvalue weighted by Gasteiger charge is -2.44. The third kappa shape index (κ3) is 3.45. The molecule has 2 aliphatic heterocycles. The van der Waals surface area contributed by atoms with Gasteiger partial charge in [-0.2, -0.15) is 4.31 Å². The van der Waals surface area contributed by atoms with Crippen LogP contribution >= 0.6 is 0 Å². The van der Waals surface area contributed by atoms with Crippen molar-refractivity contribution in [3.8, 4) is 5.75 Å². The third-order valence-electron chi connectivity index (χ3n) is 5.83. The summed E-state index contributed by atoms with van der Waals surface area (Å²) in [5, 5.41) is 0. The molecule has 4 rings (SSSR count). The van der Waals surface area contributed by atoms with Crippen LogP contribution in [0.2, 0.25) is 0 Å². The lowest BCUT2D eigenvalue weighted by molar-refractivity contribution is -0.274. The summed E-state index contributed by atoms with van der Waals surface area (Å²) in [6, 6.07) is 4.86. The molecule has 0 aliphatic carbocycles. The van der Waals surface area contributed by atoms with Gasteiger partial charge in [0.25, 0.3) is 5.91 Å². The number of halogens is 3. The fourth-order valence-corrected chi connectivity index (χ4v) is 6.12. The second-order valence-electron chi connectivity index (χ2n) is 7.86. The summed E-state index contributed by atoms with van der Waals surface area (Å²) in [5.74, 6) is -0.663. The van der Waals surface area contributed by atoms with Crippen molar-refractivity contribution in [3.63, 3.8) is 0 Å². The fraction of sp³-hybridized carbons (Fsp3) is 0.400. The number of piperazine rings is 1. The Bertz CT molecular complexity index is 1180. The van der Waals surface area contributed by atoms with Gasteiger partial charge in [-0.15, -0.1) is 13.2 Å². The van der Waals surface area contributed by atoms with E-state index in [1.54, 1.807) is 24.1 Å². The standard InChI is InChI=1S/C20H20F3N3O4S/c1-12-10-14(30-20(21,22)23)4-5-16(12)31(28,29)25-8-9-26-18(27)17-13(2)24-7-6-15(17)19(26,3)11-25/h4-7,10H,8-9,11H2,1-3H3. The normalized spacial score (nSPS) is 21.7. The van der Waals surface area contributed by atoms with E-state index in [4.69, 9.17) is 0 Å². The lowest BCUT2D eigenvalue weighted by Crippen LogP contribution is -2.58. The second kappa shape index (κ2) is 6.92. The maximum absolute atomic E-state index is 13.3. The summed E-state index contributed by atoms with van der Waals surface area (Å²) in [7, 11) is -4.02. The molecule has 0 N–H and O–H groups in total. The molecule has 1 aromatic heterocycles. The molecular weight excluding hydrogens is 435 g/mol. The highest BCUT2D eigenvalue weighted by Crippen LogP contribution is 2.43. The van der Waals surface area contributed by atoms with Crippen molar-refractivity contribution >= 4 is 15.9 Å². The van der Waals surface area contributed by atoms with E-state index in [1.807, 2.05) is 6.92 Å². The van der Waals surface area contributed by atoms with E-state index in [1.165, 1.54) is 11.2 Å². The molecule has 11 heteroatoms. The predicted molar refractivity (Wildman–Crippen MR) is 104 cm³/mol. The van der Waals surface area contributed by atoms with Crippen molar-refractivity contribution in [2.45, 2.75) is 37.6 Å². The molecule has 1 aromatic carbocycles. The minimum absolute atomic E-state index is 0.0256. The number of rotatable bonds is 3. The highest BCUT2D eigenvalue weighted by molar-refractivity contribution is 7.89. The Morgan fingerprint density at radius 3 is 2.52 bits per heavy atom. The number of aromatic nitrogens is 1. The van der Waals surface area contributed by atoms with Crippen LogP contribution in [0.4, 0.5) is 13.2 Å². The first-order valence-corrected chi connectivity index (χ1v) is 10.9. The number of alkyl halides is 3. The summed E-state index contributed by atoms with van der Waals surface area (Å²) >= 11 is 0. The Balaban J connectivity index is 1.68. The molecule has 1 saturated heterocycles. The number of carbonyl (C=O) groups is 1. The number of pyridine rings is 1. The van der Waals surface area contributed by atoms with Gasteiger partial charge in [0.05, 0.1) is 21.7 Å². The minimum Gasteiger partial charge on any atom is -0.406 e. The van der Waals surface area contributed by atoms with Gasteiger partial charge in [0.1, 0.15) is 5.75 Å². The molecule has 166 valence electrons. The minimum atomic E-state index is -4.87. The summed E-state index contributed by atoms with van der Waals surface area (Å²) < 4.78 is 69.2. The summed E-state index contributed by atoms with van der Waals surface area (Å²) in [6.45, 7) is 5.25. The molecule has 2 aromatic rings. The van der Waals surface area contributed by atoms with E-state index in [9.17, 15) is 26.4 Å². The molecule has 1 fully saturated rings. The number of amides is 1. The number of nitrogens with zero attached hydrogens (tertiary/aromatic N) is 3. The van der Waals surface area contributed by atoms with Crippen LogP contribution in [-0.2, 0) is 15.6 Å². The van der Waals surface area contributed by atoms with Crippen molar-refractivity contribution in [2.24, 2.45) is 0 Å².